The van der Waals surface area contributed by atoms with Crippen molar-refractivity contribution in [2.24, 2.45) is 0 Å². The van der Waals surface area contributed by atoms with Crippen molar-refractivity contribution in [3.63, 3.8) is 0 Å². The van der Waals surface area contributed by atoms with Crippen LogP contribution in [0.25, 0.3) is 21.9 Å². The lowest BCUT2D eigenvalue weighted by Gasteiger charge is -2.05. The van der Waals surface area contributed by atoms with Crippen LogP contribution in [-0.4, -0.2) is 11.1 Å². The highest BCUT2D eigenvalue weighted by atomic mass is 16.4. The number of rotatable bonds is 2. The zero-order valence-electron chi connectivity index (χ0n) is 10.8. The molecule has 1 heterocycles. The molecule has 0 radical (unpaired) electrons. The van der Waals surface area contributed by atoms with E-state index in [0.29, 0.717) is 27.5 Å². The first kappa shape index (κ1) is 12.4. The molecule has 4 nitrogen and oxygen atoms in total. The highest BCUT2D eigenvalue weighted by Crippen LogP contribution is 2.22. The summed E-state index contributed by atoms with van der Waals surface area (Å²) in [6.07, 6.45) is -0.0918. The van der Waals surface area contributed by atoms with Gasteiger partial charge in [-0.15, -0.1) is 0 Å². The molecule has 1 aromatic heterocycles. The molecular formula is C16H12O4. The summed E-state index contributed by atoms with van der Waals surface area (Å²) in [5.74, 6) is -0.913. The number of fused-ring (bicyclic) bond motifs is 2. The Morgan fingerprint density at radius 3 is 2.75 bits per heavy atom. The van der Waals surface area contributed by atoms with Crippen LogP contribution in [0.4, 0.5) is 0 Å². The van der Waals surface area contributed by atoms with Crippen LogP contribution in [0.2, 0.25) is 0 Å². The highest BCUT2D eigenvalue weighted by molar-refractivity contribution is 5.91. The van der Waals surface area contributed by atoms with Gasteiger partial charge in [0.05, 0.1) is 17.2 Å². The Kier molecular flexibility index (Phi) is 2.79. The minimum atomic E-state index is -0.913. The predicted molar refractivity (Wildman–Crippen MR) is 76.1 cm³/mol. The minimum absolute atomic E-state index is 0.0909. The van der Waals surface area contributed by atoms with E-state index in [1.807, 2.05) is 19.1 Å². The number of carboxylic acids is 1. The lowest BCUT2D eigenvalue weighted by molar-refractivity contribution is -0.136. The Morgan fingerprint density at radius 2 is 2.00 bits per heavy atom. The Labute approximate surface area is 114 Å². The van der Waals surface area contributed by atoms with Gasteiger partial charge in [0, 0.05) is 0 Å². The second kappa shape index (κ2) is 4.49. The van der Waals surface area contributed by atoms with Crippen LogP contribution >= 0.6 is 0 Å². The Balaban J connectivity index is 2.36. The fourth-order valence-corrected chi connectivity index (χ4v) is 2.35. The van der Waals surface area contributed by atoms with E-state index in [4.69, 9.17) is 9.52 Å². The predicted octanol–water partition coefficient (Wildman–Crippen LogP) is 2.88. The maximum atomic E-state index is 12.4. The number of aryl methyl sites for hydroxylation is 1. The molecule has 0 spiro atoms. The van der Waals surface area contributed by atoms with E-state index in [9.17, 15) is 9.59 Å². The van der Waals surface area contributed by atoms with Gasteiger partial charge in [-0.1, -0.05) is 18.2 Å². The molecule has 0 atom stereocenters. The second-order valence-corrected chi connectivity index (χ2v) is 4.78. The van der Waals surface area contributed by atoms with E-state index in [2.05, 4.69) is 0 Å². The normalized spacial score (nSPS) is 11.1. The zero-order valence-corrected chi connectivity index (χ0v) is 10.8. The third kappa shape index (κ3) is 1.95. The van der Waals surface area contributed by atoms with Gasteiger partial charge in [-0.05, 0) is 36.2 Å². The Bertz CT molecular complexity index is 890. The first-order valence-electron chi connectivity index (χ1n) is 6.23. The molecule has 20 heavy (non-hydrogen) atoms. The molecule has 1 N–H and O–H groups in total. The zero-order chi connectivity index (χ0) is 14.3. The fraction of sp³-hybridized carbons (Fsp3) is 0.125. The molecule has 100 valence electrons. The third-order valence-corrected chi connectivity index (χ3v) is 3.31. The molecule has 0 aliphatic rings. The summed E-state index contributed by atoms with van der Waals surface area (Å²) < 4.78 is 5.79. The van der Waals surface area contributed by atoms with Gasteiger partial charge in [0.1, 0.15) is 11.2 Å². The van der Waals surface area contributed by atoms with Crippen LogP contribution in [-0.2, 0) is 11.2 Å². The first-order valence-corrected chi connectivity index (χ1v) is 6.23. The summed E-state index contributed by atoms with van der Waals surface area (Å²) in [5, 5.41) is 9.83. The standard InChI is InChI=1S/C16H12O4/c1-9-3-2-4-12-15(19)11-6-5-10(8-14(17)18)7-13(11)20-16(9)12/h2-7H,8H2,1H3,(H,17,18). The van der Waals surface area contributed by atoms with Crippen molar-refractivity contribution < 1.29 is 14.3 Å². The molecule has 4 heteroatoms. The summed E-state index contributed by atoms with van der Waals surface area (Å²) in [4.78, 5) is 23.1. The molecule has 0 aliphatic carbocycles. The molecule has 0 aliphatic heterocycles. The van der Waals surface area contributed by atoms with Gasteiger partial charge in [-0.25, -0.2) is 0 Å². The number of hydrogen-bond acceptors (Lipinski definition) is 3. The third-order valence-electron chi connectivity index (χ3n) is 3.31. The summed E-state index contributed by atoms with van der Waals surface area (Å²) >= 11 is 0. The quantitative estimate of drug-likeness (QED) is 0.726. The molecule has 0 amide bonds. The van der Waals surface area contributed by atoms with E-state index >= 15 is 0 Å². The average Bonchev–Trinajstić information content (AvgIpc) is 2.39. The van der Waals surface area contributed by atoms with E-state index in [1.54, 1.807) is 24.3 Å². The van der Waals surface area contributed by atoms with Crippen LogP contribution in [0.5, 0.6) is 0 Å². The van der Waals surface area contributed by atoms with Crippen molar-refractivity contribution in [2.75, 3.05) is 0 Å². The Morgan fingerprint density at radius 1 is 1.20 bits per heavy atom. The van der Waals surface area contributed by atoms with E-state index in [-0.39, 0.29) is 11.8 Å². The van der Waals surface area contributed by atoms with Crippen molar-refractivity contribution in [2.45, 2.75) is 13.3 Å². The first-order chi connectivity index (χ1) is 9.56. The van der Waals surface area contributed by atoms with Gasteiger partial charge >= 0.3 is 5.97 Å². The van der Waals surface area contributed by atoms with Crippen molar-refractivity contribution in [1.29, 1.82) is 0 Å². The largest absolute Gasteiger partial charge is 0.481 e. The number of benzene rings is 2. The molecule has 0 saturated carbocycles. The summed E-state index contributed by atoms with van der Waals surface area (Å²) in [6.45, 7) is 1.87. The molecule has 2 aromatic carbocycles. The topological polar surface area (TPSA) is 67.5 Å². The number of hydrogen-bond donors (Lipinski definition) is 1. The van der Waals surface area contributed by atoms with E-state index < -0.39 is 5.97 Å². The van der Waals surface area contributed by atoms with Crippen molar-refractivity contribution in [3.05, 3.63) is 57.7 Å². The highest BCUT2D eigenvalue weighted by Gasteiger charge is 2.10. The summed E-state index contributed by atoms with van der Waals surface area (Å²) in [5.41, 5.74) is 2.38. The smallest absolute Gasteiger partial charge is 0.307 e. The maximum Gasteiger partial charge on any atom is 0.307 e. The van der Waals surface area contributed by atoms with Crippen molar-refractivity contribution in [3.8, 4) is 0 Å². The average molecular weight is 268 g/mol. The monoisotopic (exact) mass is 268 g/mol. The van der Waals surface area contributed by atoms with Gasteiger partial charge in [0.25, 0.3) is 0 Å². The molecule has 3 aromatic rings. The Hall–Kier alpha value is -2.62. The van der Waals surface area contributed by atoms with Crippen LogP contribution in [0, 0.1) is 6.92 Å². The van der Waals surface area contributed by atoms with Crippen LogP contribution in [0.1, 0.15) is 11.1 Å². The minimum Gasteiger partial charge on any atom is -0.481 e. The van der Waals surface area contributed by atoms with Crippen LogP contribution < -0.4 is 5.43 Å². The lowest BCUT2D eigenvalue weighted by atomic mass is 10.1. The van der Waals surface area contributed by atoms with Gasteiger partial charge < -0.3 is 9.52 Å². The van der Waals surface area contributed by atoms with Crippen molar-refractivity contribution in [1.82, 2.24) is 0 Å². The maximum absolute atomic E-state index is 12.4. The number of aliphatic carboxylic acids is 1. The van der Waals surface area contributed by atoms with Crippen LogP contribution in [0.15, 0.2) is 45.6 Å². The number of carbonyl (C=O) groups is 1. The van der Waals surface area contributed by atoms with Gasteiger partial charge in [0.15, 0.2) is 0 Å². The van der Waals surface area contributed by atoms with E-state index in [1.165, 1.54) is 0 Å². The number of carboxylic acid groups (broad SMARTS) is 1. The van der Waals surface area contributed by atoms with Gasteiger partial charge in [-0.3, -0.25) is 9.59 Å². The molecule has 0 bridgehead atoms. The van der Waals surface area contributed by atoms with Gasteiger partial charge in [-0.2, -0.15) is 0 Å². The second-order valence-electron chi connectivity index (χ2n) is 4.78. The SMILES string of the molecule is Cc1cccc2c(=O)c3ccc(CC(=O)O)cc3oc12. The molecule has 0 saturated heterocycles. The summed E-state index contributed by atoms with van der Waals surface area (Å²) in [6, 6.07) is 10.3. The molecular weight excluding hydrogens is 256 g/mol. The fourth-order valence-electron chi connectivity index (χ4n) is 2.35. The molecule has 0 unspecified atom stereocenters. The molecule has 0 fully saturated rings. The lowest BCUT2D eigenvalue weighted by Crippen LogP contribution is -2.04. The molecule has 3 rings (SSSR count). The van der Waals surface area contributed by atoms with Gasteiger partial charge in [0.2, 0.25) is 5.43 Å². The van der Waals surface area contributed by atoms with E-state index in [0.717, 1.165) is 5.56 Å². The summed E-state index contributed by atoms with van der Waals surface area (Å²) in [7, 11) is 0. The van der Waals surface area contributed by atoms with Crippen LogP contribution in [0.3, 0.4) is 0 Å². The number of para-hydroxylation sites is 1. The van der Waals surface area contributed by atoms with Crippen molar-refractivity contribution >= 4 is 27.9 Å².